The summed E-state index contributed by atoms with van der Waals surface area (Å²) < 4.78 is 1.88. The van der Waals surface area contributed by atoms with Crippen LogP contribution in [0.3, 0.4) is 0 Å². The van der Waals surface area contributed by atoms with Crippen molar-refractivity contribution in [2.24, 2.45) is 0 Å². The first-order valence-corrected chi connectivity index (χ1v) is 8.14. The van der Waals surface area contributed by atoms with Gasteiger partial charge in [0.15, 0.2) is 6.29 Å². The van der Waals surface area contributed by atoms with Gasteiger partial charge in [0.05, 0.1) is 0 Å². The highest BCUT2D eigenvalue weighted by atomic mass is 16.2. The predicted molar refractivity (Wildman–Crippen MR) is 92.9 cm³/mol. The molecule has 4 nitrogen and oxygen atoms in total. The van der Waals surface area contributed by atoms with E-state index in [0.717, 1.165) is 30.2 Å². The van der Waals surface area contributed by atoms with E-state index in [1.54, 1.807) is 6.20 Å². The van der Waals surface area contributed by atoms with Crippen molar-refractivity contribution < 1.29 is 9.59 Å². The van der Waals surface area contributed by atoms with E-state index in [1.165, 1.54) is 11.1 Å². The third-order valence-electron chi connectivity index (χ3n) is 4.74. The van der Waals surface area contributed by atoms with Gasteiger partial charge in [0, 0.05) is 35.8 Å². The van der Waals surface area contributed by atoms with Gasteiger partial charge in [0.1, 0.15) is 6.54 Å². The van der Waals surface area contributed by atoms with Gasteiger partial charge < -0.3 is 9.47 Å². The van der Waals surface area contributed by atoms with Gasteiger partial charge in [-0.05, 0) is 23.6 Å². The summed E-state index contributed by atoms with van der Waals surface area (Å²) in [5, 5.41) is 0.893. The van der Waals surface area contributed by atoms with Crippen molar-refractivity contribution in [3.8, 4) is 0 Å². The van der Waals surface area contributed by atoms with Crippen LogP contribution < -0.4 is 0 Å². The van der Waals surface area contributed by atoms with E-state index in [0.29, 0.717) is 12.1 Å². The molecule has 2 heterocycles. The number of aromatic nitrogens is 1. The van der Waals surface area contributed by atoms with Gasteiger partial charge in [-0.2, -0.15) is 0 Å². The Bertz CT molecular complexity index is 926. The molecule has 0 saturated heterocycles. The Kier molecular flexibility index (Phi) is 3.65. The third-order valence-corrected chi connectivity index (χ3v) is 4.74. The third kappa shape index (κ3) is 2.50. The van der Waals surface area contributed by atoms with Crippen LogP contribution in [0.1, 0.15) is 21.5 Å². The lowest BCUT2D eigenvalue weighted by Gasteiger charge is -2.29. The molecule has 4 heteroatoms. The van der Waals surface area contributed by atoms with Crippen molar-refractivity contribution in [3.63, 3.8) is 0 Å². The van der Waals surface area contributed by atoms with Gasteiger partial charge in [-0.15, -0.1) is 0 Å². The first kappa shape index (κ1) is 14.7. The van der Waals surface area contributed by atoms with Crippen LogP contribution in [-0.2, 0) is 24.3 Å². The van der Waals surface area contributed by atoms with Crippen molar-refractivity contribution in [1.82, 2.24) is 9.47 Å². The van der Waals surface area contributed by atoms with Crippen molar-refractivity contribution in [3.05, 3.63) is 71.4 Å². The summed E-state index contributed by atoms with van der Waals surface area (Å²) in [6, 6.07) is 16.0. The Balaban J connectivity index is 1.58. The van der Waals surface area contributed by atoms with Crippen LogP contribution in [0.25, 0.3) is 10.9 Å². The Morgan fingerprint density at radius 1 is 1.04 bits per heavy atom. The normalized spacial score (nSPS) is 13.8. The minimum Gasteiger partial charge on any atom is -0.337 e. The molecular weight excluding hydrogens is 300 g/mol. The van der Waals surface area contributed by atoms with E-state index >= 15 is 0 Å². The topological polar surface area (TPSA) is 42.3 Å². The molecule has 0 N–H and O–H groups in total. The number of hydrogen-bond donors (Lipinski definition) is 0. The number of carbonyl (C=O) groups is 2. The van der Waals surface area contributed by atoms with Gasteiger partial charge >= 0.3 is 0 Å². The van der Waals surface area contributed by atoms with Crippen LogP contribution in [-0.4, -0.2) is 28.2 Å². The molecule has 0 aliphatic carbocycles. The van der Waals surface area contributed by atoms with Crippen molar-refractivity contribution in [1.29, 1.82) is 0 Å². The number of aldehydes is 1. The highest BCUT2D eigenvalue weighted by Gasteiger charge is 2.21. The molecule has 1 aliphatic rings. The van der Waals surface area contributed by atoms with E-state index < -0.39 is 0 Å². The maximum absolute atomic E-state index is 12.7. The van der Waals surface area contributed by atoms with E-state index in [-0.39, 0.29) is 12.5 Å². The SMILES string of the molecule is O=Cc1cn(CC(=O)N2CCc3ccccc3C2)c2ccccc12. The molecule has 0 radical (unpaired) electrons. The lowest BCUT2D eigenvalue weighted by Crippen LogP contribution is -2.37. The van der Waals surface area contributed by atoms with Gasteiger partial charge in [-0.3, -0.25) is 9.59 Å². The molecule has 1 aliphatic heterocycles. The second kappa shape index (κ2) is 5.96. The summed E-state index contributed by atoms with van der Waals surface area (Å²) in [6.45, 7) is 1.67. The van der Waals surface area contributed by atoms with Crippen molar-refractivity contribution in [2.45, 2.75) is 19.5 Å². The maximum atomic E-state index is 12.7. The molecule has 0 bridgehead atoms. The Morgan fingerprint density at radius 3 is 2.62 bits per heavy atom. The Hall–Kier alpha value is -2.88. The lowest BCUT2D eigenvalue weighted by molar-refractivity contribution is -0.132. The number of benzene rings is 2. The molecule has 0 fully saturated rings. The standard InChI is InChI=1S/C20H18N2O2/c23-14-17-12-22(19-8-4-3-7-18(17)19)13-20(24)21-10-9-15-5-1-2-6-16(15)11-21/h1-8,12,14H,9-11,13H2. The second-order valence-corrected chi connectivity index (χ2v) is 6.18. The molecule has 0 unspecified atom stereocenters. The van der Waals surface area contributed by atoms with Gasteiger partial charge in [0.2, 0.25) is 5.91 Å². The van der Waals surface area contributed by atoms with Crippen LogP contribution in [0.15, 0.2) is 54.7 Å². The van der Waals surface area contributed by atoms with Crippen LogP contribution in [0.2, 0.25) is 0 Å². The summed E-state index contributed by atoms with van der Waals surface area (Å²) in [4.78, 5) is 25.9. The van der Waals surface area contributed by atoms with Gasteiger partial charge in [-0.25, -0.2) is 0 Å². The fourth-order valence-electron chi connectivity index (χ4n) is 3.45. The first-order chi connectivity index (χ1) is 11.8. The van der Waals surface area contributed by atoms with Crippen LogP contribution in [0, 0.1) is 0 Å². The molecule has 0 saturated carbocycles. The van der Waals surface area contributed by atoms with Crippen molar-refractivity contribution >= 4 is 23.1 Å². The second-order valence-electron chi connectivity index (χ2n) is 6.18. The molecule has 4 rings (SSSR count). The van der Waals surface area contributed by atoms with E-state index in [1.807, 2.05) is 45.9 Å². The molecule has 1 amide bonds. The summed E-state index contributed by atoms with van der Waals surface area (Å²) in [7, 11) is 0. The number of nitrogens with zero attached hydrogens (tertiary/aromatic N) is 2. The number of amides is 1. The first-order valence-electron chi connectivity index (χ1n) is 8.14. The van der Waals surface area contributed by atoms with Crippen LogP contribution in [0.5, 0.6) is 0 Å². The zero-order valence-corrected chi connectivity index (χ0v) is 13.3. The predicted octanol–water partition coefficient (Wildman–Crippen LogP) is 3.04. The Morgan fingerprint density at radius 2 is 1.79 bits per heavy atom. The fraction of sp³-hybridized carbons (Fsp3) is 0.200. The summed E-state index contributed by atoms with van der Waals surface area (Å²) >= 11 is 0. The molecule has 24 heavy (non-hydrogen) atoms. The number of para-hydroxylation sites is 1. The molecule has 3 aromatic rings. The number of fused-ring (bicyclic) bond motifs is 2. The zero-order chi connectivity index (χ0) is 16.5. The maximum Gasteiger partial charge on any atom is 0.242 e. The lowest BCUT2D eigenvalue weighted by atomic mass is 10.00. The highest BCUT2D eigenvalue weighted by molar-refractivity contribution is 5.98. The Labute approximate surface area is 140 Å². The fourth-order valence-corrected chi connectivity index (χ4v) is 3.45. The molecule has 2 aromatic carbocycles. The van der Waals surface area contributed by atoms with E-state index in [4.69, 9.17) is 0 Å². The van der Waals surface area contributed by atoms with Crippen LogP contribution in [0.4, 0.5) is 0 Å². The smallest absolute Gasteiger partial charge is 0.242 e. The number of hydrogen-bond acceptors (Lipinski definition) is 2. The largest absolute Gasteiger partial charge is 0.337 e. The minimum atomic E-state index is 0.0858. The number of carbonyl (C=O) groups excluding carboxylic acids is 2. The summed E-state index contributed by atoms with van der Waals surface area (Å²) in [6.07, 6.45) is 3.52. The molecule has 0 atom stereocenters. The molecular formula is C20H18N2O2. The van der Waals surface area contributed by atoms with E-state index in [9.17, 15) is 9.59 Å². The van der Waals surface area contributed by atoms with Crippen LogP contribution >= 0.6 is 0 Å². The average Bonchev–Trinajstić information content (AvgIpc) is 2.99. The van der Waals surface area contributed by atoms with Crippen molar-refractivity contribution in [2.75, 3.05) is 6.54 Å². The monoisotopic (exact) mass is 318 g/mol. The highest BCUT2D eigenvalue weighted by Crippen LogP contribution is 2.22. The van der Waals surface area contributed by atoms with E-state index in [2.05, 4.69) is 12.1 Å². The van der Waals surface area contributed by atoms with Gasteiger partial charge in [0.25, 0.3) is 0 Å². The molecule has 1 aromatic heterocycles. The average molecular weight is 318 g/mol. The summed E-state index contributed by atoms with van der Waals surface area (Å²) in [5.74, 6) is 0.0858. The number of rotatable bonds is 3. The summed E-state index contributed by atoms with van der Waals surface area (Å²) in [5.41, 5.74) is 4.10. The minimum absolute atomic E-state index is 0.0858. The zero-order valence-electron chi connectivity index (χ0n) is 13.3. The molecule has 120 valence electrons. The quantitative estimate of drug-likeness (QED) is 0.697. The van der Waals surface area contributed by atoms with Gasteiger partial charge in [-0.1, -0.05) is 42.5 Å². The molecule has 0 spiro atoms.